The normalized spacial score (nSPS) is 15.1. The molecule has 0 heterocycles. The van der Waals surface area contributed by atoms with Crippen LogP contribution in [0.1, 0.15) is 13.8 Å². The van der Waals surface area contributed by atoms with E-state index in [-0.39, 0.29) is 25.1 Å². The van der Waals surface area contributed by atoms with Gasteiger partial charge >= 0.3 is 58.6 Å². The maximum absolute atomic E-state index is 11.6. The number of alkyl halides is 4. The molecule has 0 aliphatic heterocycles. The van der Waals surface area contributed by atoms with Gasteiger partial charge in [0, 0.05) is 0 Å². The molecule has 0 N–H and O–H groups in total. The quantitative estimate of drug-likeness (QED) is 0.423. The van der Waals surface area contributed by atoms with Gasteiger partial charge in [0.05, 0.1) is 0 Å². The van der Waals surface area contributed by atoms with E-state index < -0.39 is 6.43 Å². The van der Waals surface area contributed by atoms with E-state index >= 15 is 0 Å². The molecule has 52 valence electrons. The summed E-state index contributed by atoms with van der Waals surface area (Å²) in [6.45, 7) is 3.59. The molecule has 1 unspecified atom stereocenters. The molecule has 0 amide bonds. The molecule has 0 radical (unpaired) electrons. The second-order valence-electron chi connectivity index (χ2n) is 1.43. The Hall–Kier alpha value is 0.590. The van der Waals surface area contributed by atoms with Gasteiger partial charge in [-0.25, -0.2) is 0 Å². The predicted molar refractivity (Wildman–Crippen MR) is 26.0 cm³/mol. The van der Waals surface area contributed by atoms with Crippen LogP contribution in [0, 0.1) is 0 Å². The van der Waals surface area contributed by atoms with Crippen LogP contribution in [-0.4, -0.2) is 14.8 Å². The third-order valence-electron chi connectivity index (χ3n) is 0.745. The second-order valence-corrected chi connectivity index (χ2v) is 5.80. The van der Waals surface area contributed by atoms with Crippen molar-refractivity contribution in [1.82, 2.24) is 0 Å². The van der Waals surface area contributed by atoms with Crippen molar-refractivity contribution in [3.05, 3.63) is 0 Å². The van der Waals surface area contributed by atoms with E-state index in [4.69, 9.17) is 0 Å². The summed E-state index contributed by atoms with van der Waals surface area (Å²) in [5.41, 5.74) is 0. The monoisotopic (exact) mass is 235 g/mol. The molecule has 0 fully saturated rings. The van der Waals surface area contributed by atoms with Crippen molar-refractivity contribution >= 4 is 0 Å². The molecule has 0 nitrogen and oxygen atoms in total. The summed E-state index contributed by atoms with van der Waals surface area (Å²) in [6.07, 6.45) is -2.08. The number of hydrogen-bond donors (Lipinski definition) is 0. The van der Waals surface area contributed by atoms with Gasteiger partial charge in [-0.1, -0.05) is 0 Å². The van der Waals surface area contributed by atoms with Crippen molar-refractivity contribution < 1.29 is 30.0 Å². The van der Waals surface area contributed by atoms with Crippen LogP contribution in [0.25, 0.3) is 0 Å². The van der Waals surface area contributed by atoms with Crippen molar-refractivity contribution in [1.29, 1.82) is 0 Å². The van der Waals surface area contributed by atoms with E-state index in [1.165, 1.54) is 0 Å². The average molecular weight is 235 g/mol. The molecule has 0 saturated heterocycles. The summed E-state index contributed by atoms with van der Waals surface area (Å²) in [6, 6.07) is 0. The fourth-order valence-electron chi connectivity index (χ4n) is 0.311. The molecular weight excluding hydrogens is 225 g/mol. The Kier molecular flexibility index (Phi) is 4.80. The Morgan fingerprint density at radius 3 is 2.12 bits per heavy atom. The first-order valence-electron chi connectivity index (χ1n) is 2.54. The van der Waals surface area contributed by atoms with E-state index in [0.717, 1.165) is 4.43 Å². The maximum atomic E-state index is 11.6. The molecule has 0 aliphatic rings. The summed E-state index contributed by atoms with van der Waals surface area (Å²) in [7, 11) is 0. The Morgan fingerprint density at radius 2 is 2.00 bits per heavy atom. The summed E-state index contributed by atoms with van der Waals surface area (Å²) < 4.78 is 23.9. The summed E-state index contributed by atoms with van der Waals surface area (Å²) in [5.74, 6) is 0. The zero-order chi connectivity index (χ0) is 6.57. The first-order chi connectivity index (χ1) is 3.68. The third kappa shape index (κ3) is 3.57. The molecule has 0 rings (SSSR count). The SMILES string of the molecule is CC[I-]C(C)C(F)F. The van der Waals surface area contributed by atoms with Gasteiger partial charge in [-0.05, 0) is 0 Å². The van der Waals surface area contributed by atoms with Gasteiger partial charge in [0.1, 0.15) is 0 Å². The van der Waals surface area contributed by atoms with Crippen LogP contribution in [0.2, 0.25) is 0 Å². The molecule has 1 atom stereocenters. The third-order valence-corrected chi connectivity index (χ3v) is 3.56. The van der Waals surface area contributed by atoms with Crippen LogP contribution in [0.4, 0.5) is 8.78 Å². The number of hydrogen-bond acceptors (Lipinski definition) is 0. The van der Waals surface area contributed by atoms with Gasteiger partial charge in [-0.2, -0.15) is 0 Å². The van der Waals surface area contributed by atoms with Gasteiger partial charge in [0.2, 0.25) is 0 Å². The summed E-state index contributed by atoms with van der Waals surface area (Å²) in [5, 5.41) is 0. The molecule has 0 spiro atoms. The van der Waals surface area contributed by atoms with Crippen LogP contribution in [0.5, 0.6) is 0 Å². The van der Waals surface area contributed by atoms with Crippen molar-refractivity contribution in [2.24, 2.45) is 0 Å². The molecule has 0 saturated carbocycles. The van der Waals surface area contributed by atoms with Crippen molar-refractivity contribution in [3.63, 3.8) is 0 Å². The van der Waals surface area contributed by atoms with E-state index in [2.05, 4.69) is 0 Å². The van der Waals surface area contributed by atoms with Gasteiger partial charge in [0.15, 0.2) is 0 Å². The second kappa shape index (κ2) is 4.47. The summed E-state index contributed by atoms with van der Waals surface area (Å²) >= 11 is -0.225. The molecule has 3 heteroatoms. The van der Waals surface area contributed by atoms with Crippen LogP contribution >= 0.6 is 0 Å². The Bertz CT molecular complexity index is 56.4. The van der Waals surface area contributed by atoms with Crippen LogP contribution in [0.15, 0.2) is 0 Å². The number of halogens is 3. The molecule has 0 aromatic heterocycles. The summed E-state index contributed by atoms with van der Waals surface area (Å²) in [4.78, 5) is 0. The first-order valence-corrected chi connectivity index (χ1v) is 5.31. The fourth-order valence-corrected chi connectivity index (χ4v) is 2.08. The topological polar surface area (TPSA) is 0 Å². The van der Waals surface area contributed by atoms with E-state index in [9.17, 15) is 8.78 Å². The van der Waals surface area contributed by atoms with Crippen LogP contribution < -0.4 is 21.2 Å². The molecule has 0 aromatic carbocycles. The van der Waals surface area contributed by atoms with Gasteiger partial charge in [-0.3, -0.25) is 0 Å². The van der Waals surface area contributed by atoms with Gasteiger partial charge < -0.3 is 0 Å². The van der Waals surface area contributed by atoms with Crippen LogP contribution in [-0.2, 0) is 0 Å². The van der Waals surface area contributed by atoms with Gasteiger partial charge in [-0.15, -0.1) is 0 Å². The Balaban J connectivity index is 3.17. The standard InChI is InChI=1S/C5H10F2I/c1-3-8-4(2)5(6)7/h4-5H,3H2,1-2H3/q-1. The van der Waals surface area contributed by atoms with Crippen molar-refractivity contribution in [2.75, 3.05) is 4.43 Å². The van der Waals surface area contributed by atoms with Crippen molar-refractivity contribution in [3.8, 4) is 0 Å². The Labute approximate surface area is 58.9 Å². The van der Waals surface area contributed by atoms with Crippen molar-refractivity contribution in [2.45, 2.75) is 24.2 Å². The molecule has 0 aliphatic carbocycles. The molecule has 0 aromatic rings. The minimum atomic E-state index is -2.08. The average Bonchev–Trinajstić information content (AvgIpc) is 1.67. The Morgan fingerprint density at radius 1 is 1.50 bits per heavy atom. The molecular formula is C5H10F2I-. The zero-order valence-corrected chi connectivity index (χ0v) is 7.15. The minimum absolute atomic E-state index is 0.225. The number of rotatable bonds is 3. The fraction of sp³-hybridized carbons (Fsp3) is 1.00. The van der Waals surface area contributed by atoms with Crippen LogP contribution in [0.3, 0.4) is 0 Å². The van der Waals surface area contributed by atoms with E-state index in [1.54, 1.807) is 6.92 Å². The molecule has 8 heavy (non-hydrogen) atoms. The molecule has 0 bridgehead atoms. The first kappa shape index (κ1) is 8.59. The van der Waals surface area contributed by atoms with E-state index in [0.29, 0.717) is 0 Å². The predicted octanol–water partition coefficient (Wildman–Crippen LogP) is -1.25. The van der Waals surface area contributed by atoms with Gasteiger partial charge in [0.25, 0.3) is 0 Å². The van der Waals surface area contributed by atoms with E-state index in [1.807, 2.05) is 6.92 Å². The zero-order valence-electron chi connectivity index (χ0n) is 5.00.